The number of aliphatic hydroxyl groups is 2. The predicted molar refractivity (Wildman–Crippen MR) is 273 cm³/mol. The van der Waals surface area contributed by atoms with E-state index in [0.717, 1.165) is 77.0 Å². The molecule has 0 aliphatic heterocycles. The van der Waals surface area contributed by atoms with Gasteiger partial charge in [-0.05, 0) is 83.5 Å². The number of esters is 1. The van der Waals surface area contributed by atoms with Crippen LogP contribution in [0.25, 0.3) is 0 Å². The first kappa shape index (κ1) is 61.1. The number of allylic oxidation sites excluding steroid dienone is 6. The highest BCUT2D eigenvalue weighted by atomic mass is 16.5. The molecule has 0 aromatic heterocycles. The van der Waals surface area contributed by atoms with Crippen molar-refractivity contribution in [3.8, 4) is 0 Å². The molecule has 0 fully saturated rings. The minimum atomic E-state index is -0.793. The van der Waals surface area contributed by atoms with E-state index in [4.69, 9.17) is 4.74 Å². The molecule has 3 unspecified atom stereocenters. The van der Waals surface area contributed by atoms with Gasteiger partial charge < -0.3 is 20.3 Å². The normalized spacial score (nSPS) is 13.4. The SMILES string of the molecule is CCCCC/C=C\C/C=C\CCCCCCCC(CC(=O)NC(CO)C(O)CCCCCCCCCCCCCCCCCC)OC(=O)CCCCC/C=C\CCCCCCCC. The number of hydrogen-bond acceptors (Lipinski definition) is 5. The smallest absolute Gasteiger partial charge is 0.306 e. The molecule has 0 aliphatic rings. The number of hydrogen-bond donors (Lipinski definition) is 3. The molecule has 0 heterocycles. The lowest BCUT2D eigenvalue weighted by atomic mass is 10.0. The molecule has 6 nitrogen and oxygen atoms in total. The van der Waals surface area contributed by atoms with Crippen LogP contribution in [0, 0.1) is 0 Å². The molecule has 0 bridgehead atoms. The Balaban J connectivity index is 4.57. The van der Waals surface area contributed by atoms with Crippen LogP contribution in [0.2, 0.25) is 0 Å². The Morgan fingerprint density at radius 1 is 0.460 bits per heavy atom. The monoisotopic (exact) mass is 886 g/mol. The van der Waals surface area contributed by atoms with Crippen LogP contribution in [0.5, 0.6) is 0 Å². The van der Waals surface area contributed by atoms with E-state index in [9.17, 15) is 19.8 Å². The lowest BCUT2D eigenvalue weighted by molar-refractivity contribution is -0.151. The molecule has 0 saturated heterocycles. The van der Waals surface area contributed by atoms with Crippen molar-refractivity contribution in [1.82, 2.24) is 5.32 Å². The van der Waals surface area contributed by atoms with E-state index < -0.39 is 18.2 Å². The van der Waals surface area contributed by atoms with Crippen molar-refractivity contribution < 1.29 is 24.5 Å². The van der Waals surface area contributed by atoms with Gasteiger partial charge in [0, 0.05) is 6.42 Å². The summed E-state index contributed by atoms with van der Waals surface area (Å²) in [6.07, 6.45) is 60.6. The summed E-state index contributed by atoms with van der Waals surface area (Å²) in [4.78, 5) is 26.2. The summed E-state index contributed by atoms with van der Waals surface area (Å²) in [6.45, 7) is 6.47. The molecule has 0 aromatic rings. The van der Waals surface area contributed by atoms with Crippen molar-refractivity contribution in [1.29, 1.82) is 0 Å². The lowest BCUT2D eigenvalue weighted by Gasteiger charge is -2.24. The Morgan fingerprint density at radius 2 is 0.810 bits per heavy atom. The molecule has 0 spiro atoms. The van der Waals surface area contributed by atoms with Crippen LogP contribution in [0.1, 0.15) is 290 Å². The Hall–Kier alpha value is -1.92. The Bertz CT molecular complexity index is 1040. The van der Waals surface area contributed by atoms with Crippen LogP contribution in [-0.2, 0) is 14.3 Å². The third kappa shape index (κ3) is 46.4. The van der Waals surface area contributed by atoms with Gasteiger partial charge in [0.1, 0.15) is 6.10 Å². The van der Waals surface area contributed by atoms with Crippen LogP contribution < -0.4 is 5.32 Å². The third-order valence-corrected chi connectivity index (χ3v) is 12.7. The van der Waals surface area contributed by atoms with E-state index >= 15 is 0 Å². The van der Waals surface area contributed by atoms with Gasteiger partial charge in [0.15, 0.2) is 0 Å². The predicted octanol–water partition coefficient (Wildman–Crippen LogP) is 16.8. The van der Waals surface area contributed by atoms with Gasteiger partial charge in [-0.2, -0.15) is 0 Å². The van der Waals surface area contributed by atoms with Gasteiger partial charge in [0.25, 0.3) is 0 Å². The van der Waals surface area contributed by atoms with Crippen LogP contribution >= 0.6 is 0 Å². The lowest BCUT2D eigenvalue weighted by Crippen LogP contribution is -2.46. The van der Waals surface area contributed by atoms with Gasteiger partial charge >= 0.3 is 5.97 Å². The fourth-order valence-electron chi connectivity index (χ4n) is 8.46. The Labute approximate surface area is 392 Å². The van der Waals surface area contributed by atoms with Crippen molar-refractivity contribution in [3.05, 3.63) is 36.5 Å². The van der Waals surface area contributed by atoms with E-state index in [1.165, 1.54) is 167 Å². The molecule has 1 amide bonds. The van der Waals surface area contributed by atoms with Crippen molar-refractivity contribution >= 4 is 11.9 Å². The zero-order chi connectivity index (χ0) is 45.9. The number of aliphatic hydroxyl groups excluding tert-OH is 2. The molecule has 6 heteroatoms. The number of amides is 1. The topological polar surface area (TPSA) is 95.9 Å². The van der Waals surface area contributed by atoms with Crippen LogP contribution in [-0.4, -0.2) is 46.9 Å². The highest BCUT2D eigenvalue weighted by molar-refractivity contribution is 5.77. The highest BCUT2D eigenvalue weighted by Crippen LogP contribution is 2.18. The molecule has 0 aromatic carbocycles. The van der Waals surface area contributed by atoms with Gasteiger partial charge in [-0.1, -0.05) is 231 Å². The number of ether oxygens (including phenoxy) is 1. The van der Waals surface area contributed by atoms with Crippen molar-refractivity contribution in [3.63, 3.8) is 0 Å². The summed E-state index contributed by atoms with van der Waals surface area (Å²) < 4.78 is 5.93. The summed E-state index contributed by atoms with van der Waals surface area (Å²) >= 11 is 0. The number of carbonyl (C=O) groups is 2. The van der Waals surface area contributed by atoms with E-state index in [2.05, 4.69) is 62.5 Å². The second kappa shape index (κ2) is 51.1. The highest BCUT2D eigenvalue weighted by Gasteiger charge is 2.24. The van der Waals surface area contributed by atoms with E-state index in [1.807, 2.05) is 0 Å². The molecule has 3 atom stereocenters. The average Bonchev–Trinajstić information content (AvgIpc) is 3.28. The molecular formula is C57H107NO5. The quantitative estimate of drug-likeness (QED) is 0.0321. The molecule has 370 valence electrons. The third-order valence-electron chi connectivity index (χ3n) is 12.7. The van der Waals surface area contributed by atoms with Gasteiger partial charge in [0.2, 0.25) is 5.91 Å². The van der Waals surface area contributed by atoms with Crippen molar-refractivity contribution in [2.45, 2.75) is 309 Å². The minimum Gasteiger partial charge on any atom is -0.462 e. The minimum absolute atomic E-state index is 0.0647. The first-order valence-electron chi connectivity index (χ1n) is 27.7. The maximum atomic E-state index is 13.2. The maximum absolute atomic E-state index is 13.2. The largest absolute Gasteiger partial charge is 0.462 e. The standard InChI is InChI=1S/C57H107NO5/c1-4-7-10-13-16-19-22-25-27-29-32-34-37-40-43-46-49-55(60)54(52-59)58-56(61)51-53(48-45-42-39-36-33-31-28-26-23-20-17-14-11-8-5-2)63-57(62)50-47-44-41-38-35-30-24-21-18-15-12-9-6-3/h17,20,26,28,30,35,53-55,59-60H,4-16,18-19,21-25,27,29,31-34,36-52H2,1-3H3,(H,58,61)/b20-17-,28-26-,35-30-. The van der Waals surface area contributed by atoms with Gasteiger partial charge in [-0.15, -0.1) is 0 Å². The number of unbranched alkanes of at least 4 members (excludes halogenated alkanes) is 32. The first-order chi connectivity index (χ1) is 31.0. The van der Waals surface area contributed by atoms with Crippen molar-refractivity contribution in [2.24, 2.45) is 0 Å². The molecule has 3 N–H and O–H groups in total. The van der Waals surface area contributed by atoms with Crippen LogP contribution in [0.4, 0.5) is 0 Å². The summed E-state index contributed by atoms with van der Waals surface area (Å²) in [5.41, 5.74) is 0. The van der Waals surface area contributed by atoms with Crippen LogP contribution in [0.15, 0.2) is 36.5 Å². The molecule has 0 saturated carbocycles. The Morgan fingerprint density at radius 3 is 1.25 bits per heavy atom. The molecule has 63 heavy (non-hydrogen) atoms. The zero-order valence-electron chi connectivity index (χ0n) is 42.2. The summed E-state index contributed by atoms with van der Waals surface area (Å²) in [7, 11) is 0. The van der Waals surface area contributed by atoms with E-state index in [0.29, 0.717) is 19.3 Å². The van der Waals surface area contributed by atoms with E-state index in [-0.39, 0.29) is 24.9 Å². The average molecular weight is 886 g/mol. The number of nitrogens with one attached hydrogen (secondary N) is 1. The molecular weight excluding hydrogens is 779 g/mol. The second-order valence-electron chi connectivity index (χ2n) is 19.0. The second-order valence-corrected chi connectivity index (χ2v) is 19.0. The van der Waals surface area contributed by atoms with Gasteiger partial charge in [-0.25, -0.2) is 0 Å². The van der Waals surface area contributed by atoms with Gasteiger partial charge in [0.05, 0.1) is 25.2 Å². The fraction of sp³-hybridized carbons (Fsp3) is 0.860. The summed E-state index contributed by atoms with van der Waals surface area (Å²) in [6, 6.07) is -0.707. The first-order valence-corrected chi connectivity index (χ1v) is 27.7. The van der Waals surface area contributed by atoms with Crippen LogP contribution in [0.3, 0.4) is 0 Å². The Kier molecular flexibility index (Phi) is 49.5. The summed E-state index contributed by atoms with van der Waals surface area (Å²) in [5, 5.41) is 23.8. The van der Waals surface area contributed by atoms with E-state index in [1.54, 1.807) is 0 Å². The summed E-state index contributed by atoms with van der Waals surface area (Å²) in [5.74, 6) is -0.496. The van der Waals surface area contributed by atoms with Crippen molar-refractivity contribution in [2.75, 3.05) is 6.61 Å². The molecule has 0 aliphatic carbocycles. The fourth-order valence-corrected chi connectivity index (χ4v) is 8.46. The number of carbonyl (C=O) groups excluding carboxylic acids is 2. The number of rotatable bonds is 50. The zero-order valence-corrected chi connectivity index (χ0v) is 42.2. The maximum Gasteiger partial charge on any atom is 0.306 e. The molecule has 0 rings (SSSR count). The molecule has 0 radical (unpaired) electrons. The van der Waals surface area contributed by atoms with Gasteiger partial charge in [-0.3, -0.25) is 9.59 Å².